The van der Waals surface area contributed by atoms with Crippen LogP contribution < -0.4 is 10.2 Å². The van der Waals surface area contributed by atoms with Crippen LogP contribution in [0.25, 0.3) is 0 Å². The molecule has 0 unspecified atom stereocenters. The average Bonchev–Trinajstić information content (AvgIpc) is 3.71. The number of nitrogens with one attached hydrogen (secondary N) is 1. The summed E-state index contributed by atoms with van der Waals surface area (Å²) in [6.07, 6.45) is 1.70. The second-order valence-corrected chi connectivity index (χ2v) is 13.9. The fraction of sp³-hybridized carbons (Fsp3) is 0.323. The molecule has 2 atom stereocenters. The van der Waals surface area contributed by atoms with Crippen molar-refractivity contribution < 1.29 is 52.3 Å². The van der Waals surface area contributed by atoms with Crippen LogP contribution in [-0.4, -0.2) is 104 Å². The third-order valence-electron chi connectivity index (χ3n) is 8.17. The van der Waals surface area contributed by atoms with E-state index in [2.05, 4.69) is 15.2 Å². The predicted molar refractivity (Wildman–Crippen MR) is 181 cm³/mol. The summed E-state index contributed by atoms with van der Waals surface area (Å²) in [4.78, 5) is 73.4. The van der Waals surface area contributed by atoms with Gasteiger partial charge >= 0.3 is 25.8 Å². The summed E-state index contributed by atoms with van der Waals surface area (Å²) in [5.41, 5.74) is 1.82. The molecule has 2 fully saturated rings. The van der Waals surface area contributed by atoms with Gasteiger partial charge in [0, 0.05) is 67.0 Å². The number of carbonyl (C=O) groups is 3. The molecular weight excluding hydrogens is 737 g/mol. The minimum atomic E-state index is -4.64. The molecule has 6 rings (SSSR count). The lowest BCUT2D eigenvalue weighted by molar-refractivity contribution is -0.137. The first-order chi connectivity index (χ1) is 24.1. The van der Waals surface area contributed by atoms with Gasteiger partial charge < -0.3 is 34.7 Å². The van der Waals surface area contributed by atoms with Crippen LogP contribution in [0.1, 0.15) is 28.6 Å². The molecule has 2 aromatic carbocycles. The summed E-state index contributed by atoms with van der Waals surface area (Å²) in [5, 5.41) is 14.7. The molecule has 0 aliphatic carbocycles. The van der Waals surface area contributed by atoms with Crippen molar-refractivity contribution in [3.05, 3.63) is 92.0 Å². The van der Waals surface area contributed by atoms with Gasteiger partial charge in [0.1, 0.15) is 17.7 Å². The van der Waals surface area contributed by atoms with Gasteiger partial charge in [-0.15, -0.1) is 11.3 Å². The van der Waals surface area contributed by atoms with E-state index in [0.717, 1.165) is 0 Å². The number of anilines is 1. The van der Waals surface area contributed by atoms with Crippen LogP contribution in [0.4, 0.5) is 19.3 Å². The molecule has 0 saturated carbocycles. The number of aliphatic carboxylic acids is 1. The van der Waals surface area contributed by atoms with Crippen molar-refractivity contribution in [2.45, 2.75) is 24.9 Å². The molecule has 3 aromatic rings. The third kappa shape index (κ3) is 9.34. The van der Waals surface area contributed by atoms with Gasteiger partial charge in [-0.1, -0.05) is 23.7 Å². The van der Waals surface area contributed by atoms with E-state index < -0.39 is 37.4 Å². The zero-order valence-corrected chi connectivity index (χ0v) is 29.2. The molecule has 0 bridgehead atoms. The largest absolute Gasteiger partial charge is 0.481 e. The zero-order valence-electron chi connectivity index (χ0n) is 26.8. The number of hydrogen-bond acceptors (Lipinski definition) is 10. The number of phosphoric acid groups is 1. The highest BCUT2D eigenvalue weighted by atomic mass is 35.5. The highest BCUT2D eigenvalue weighted by Crippen LogP contribution is 2.37. The summed E-state index contributed by atoms with van der Waals surface area (Å²) < 4.78 is 43.1. The number of aliphatic imine (C=N–C) groups is 1. The first-order valence-electron chi connectivity index (χ1n) is 15.2. The van der Waals surface area contributed by atoms with Crippen LogP contribution in [0.3, 0.4) is 0 Å². The lowest BCUT2D eigenvalue weighted by atomic mass is 9.95. The molecule has 20 heteroatoms. The number of ether oxygens (including phenoxy) is 1. The number of piperazine rings is 1. The minimum Gasteiger partial charge on any atom is -0.481 e. The zero-order chi connectivity index (χ0) is 37.0. The van der Waals surface area contributed by atoms with Crippen molar-refractivity contribution >= 4 is 60.3 Å². The standard InChI is InChI=1S/C31H29ClF2N6O5S.H3O4P/c1-45-30(43)26-23(36-28(29-35-8-11-46-29)37-27(26)20-5-4-18(33)13-21(20)32)16-38-9-10-39-19(14-38)15-40(31(39)44)24-6-2-17(12-22(24)34)3-7-25(41)42;1-5(2,3)4/h2,4-6,8,11-13,19,27H,3,7,9-10,14-16H2,1H3,(H,36,37)(H,41,42);(H3,1,2,3,4)/t19-,27-;/m0./s1. The topological polar surface area (TPSA) is 205 Å². The Balaban J connectivity index is 0.000000943. The SMILES string of the molecule is COC(=O)C1=C(CN2CCN3C(=O)N(c4ccc(CCC(=O)O)cc4F)C[C@@H]3C2)NC(c2nccs2)=N[C@H]1c1ccc(F)cc1Cl.O=P(O)(O)O. The quantitative estimate of drug-likeness (QED) is 0.157. The highest BCUT2D eigenvalue weighted by molar-refractivity contribution is 7.45. The number of hydrogen-bond donors (Lipinski definition) is 5. The van der Waals surface area contributed by atoms with Gasteiger partial charge in [0.15, 0.2) is 10.8 Å². The Hall–Kier alpha value is -4.29. The number of fused-ring (bicyclic) bond motifs is 1. The Bertz CT molecular complexity index is 1920. The van der Waals surface area contributed by atoms with Crippen molar-refractivity contribution in [1.29, 1.82) is 0 Å². The fourth-order valence-electron chi connectivity index (χ4n) is 5.98. The van der Waals surface area contributed by atoms with Gasteiger partial charge in [-0.25, -0.2) is 27.9 Å². The van der Waals surface area contributed by atoms with Crippen molar-refractivity contribution in [3.63, 3.8) is 0 Å². The Morgan fingerprint density at radius 3 is 2.51 bits per heavy atom. The van der Waals surface area contributed by atoms with Gasteiger partial charge in [0.25, 0.3) is 0 Å². The maximum atomic E-state index is 15.1. The lowest BCUT2D eigenvalue weighted by Crippen LogP contribution is -2.53. The Kier molecular flexibility index (Phi) is 11.9. The van der Waals surface area contributed by atoms with Crippen LogP contribution in [-0.2, 0) is 25.3 Å². The molecule has 2 saturated heterocycles. The number of aromatic nitrogens is 1. The summed E-state index contributed by atoms with van der Waals surface area (Å²) in [6.45, 7) is 1.79. The third-order valence-corrected chi connectivity index (χ3v) is 9.28. The van der Waals surface area contributed by atoms with E-state index in [1.54, 1.807) is 22.5 Å². The first-order valence-corrected chi connectivity index (χ1v) is 18.0. The number of carboxylic acids is 1. The number of thiazole rings is 1. The number of rotatable bonds is 9. The van der Waals surface area contributed by atoms with Crippen LogP contribution in [0.15, 0.2) is 64.2 Å². The van der Waals surface area contributed by atoms with Crippen molar-refractivity contribution in [2.75, 3.05) is 44.7 Å². The lowest BCUT2D eigenvalue weighted by Gasteiger charge is -2.38. The van der Waals surface area contributed by atoms with Gasteiger partial charge in [-0.2, -0.15) is 0 Å². The van der Waals surface area contributed by atoms with E-state index in [4.69, 9.17) is 45.7 Å². The van der Waals surface area contributed by atoms with Crippen LogP contribution in [0.2, 0.25) is 5.02 Å². The number of nitrogens with zero attached hydrogens (tertiary/aromatic N) is 5. The molecule has 272 valence electrons. The van der Waals surface area contributed by atoms with Gasteiger partial charge in [0.05, 0.1) is 24.4 Å². The van der Waals surface area contributed by atoms with E-state index in [0.29, 0.717) is 47.3 Å². The number of benzene rings is 2. The molecule has 51 heavy (non-hydrogen) atoms. The molecule has 5 N–H and O–H groups in total. The second-order valence-electron chi connectivity index (χ2n) is 11.6. The van der Waals surface area contributed by atoms with E-state index in [-0.39, 0.29) is 54.3 Å². The van der Waals surface area contributed by atoms with Gasteiger partial charge in [-0.05, 0) is 36.2 Å². The molecular formula is C31H32ClF2N6O9PS. The number of urea groups is 1. The maximum Gasteiger partial charge on any atom is 0.466 e. The van der Waals surface area contributed by atoms with Crippen molar-refractivity contribution in [3.8, 4) is 0 Å². The van der Waals surface area contributed by atoms with Gasteiger partial charge in [0.2, 0.25) is 0 Å². The fourth-order valence-corrected chi connectivity index (χ4v) is 6.84. The summed E-state index contributed by atoms with van der Waals surface area (Å²) >= 11 is 7.81. The van der Waals surface area contributed by atoms with Crippen LogP contribution in [0, 0.1) is 11.6 Å². The molecule has 15 nitrogen and oxygen atoms in total. The summed E-state index contributed by atoms with van der Waals surface area (Å²) in [5.74, 6) is -2.29. The number of methoxy groups -OCH3 is 1. The van der Waals surface area contributed by atoms with Gasteiger partial charge in [-0.3, -0.25) is 19.6 Å². The normalized spacial score (nSPS) is 19.2. The Morgan fingerprint density at radius 1 is 1.14 bits per heavy atom. The van der Waals surface area contributed by atoms with E-state index >= 15 is 4.39 Å². The number of amides is 2. The molecule has 0 radical (unpaired) electrons. The number of amidine groups is 1. The molecule has 4 heterocycles. The summed E-state index contributed by atoms with van der Waals surface area (Å²) in [6, 6.07) is 6.87. The van der Waals surface area contributed by atoms with Crippen LogP contribution in [0.5, 0.6) is 0 Å². The number of aryl methyl sites for hydroxylation is 1. The first kappa shape index (κ1) is 38.0. The average molecular weight is 769 g/mol. The Labute approximate surface area is 298 Å². The van der Waals surface area contributed by atoms with E-state index in [1.165, 1.54) is 53.7 Å². The Morgan fingerprint density at radius 2 is 1.88 bits per heavy atom. The van der Waals surface area contributed by atoms with E-state index in [9.17, 15) is 18.8 Å². The molecule has 0 spiro atoms. The highest BCUT2D eigenvalue weighted by Gasteiger charge is 2.43. The van der Waals surface area contributed by atoms with E-state index in [1.807, 2.05) is 0 Å². The minimum absolute atomic E-state index is 0.107. The second kappa shape index (κ2) is 15.9. The number of carbonyl (C=O) groups excluding carboxylic acids is 2. The van der Waals surface area contributed by atoms with Crippen molar-refractivity contribution in [1.82, 2.24) is 20.1 Å². The molecule has 1 aromatic heterocycles. The summed E-state index contributed by atoms with van der Waals surface area (Å²) in [7, 11) is -3.37. The van der Waals surface area contributed by atoms with Crippen molar-refractivity contribution in [2.24, 2.45) is 4.99 Å². The van der Waals surface area contributed by atoms with Crippen LogP contribution >= 0.6 is 30.8 Å². The monoisotopic (exact) mass is 768 g/mol. The predicted octanol–water partition coefficient (Wildman–Crippen LogP) is 3.31. The number of carboxylic acid groups (broad SMARTS) is 1. The maximum absolute atomic E-state index is 15.1. The number of halogens is 3. The number of esters is 1. The molecule has 2 amide bonds. The smallest absolute Gasteiger partial charge is 0.466 e. The molecule has 3 aliphatic heterocycles. The molecule has 3 aliphatic rings.